The Bertz CT molecular complexity index is 1330. The summed E-state index contributed by atoms with van der Waals surface area (Å²) in [5.74, 6) is -0.289. The van der Waals surface area contributed by atoms with Crippen molar-refractivity contribution in [3.63, 3.8) is 0 Å². The molecule has 0 spiro atoms. The van der Waals surface area contributed by atoms with Crippen LogP contribution in [0, 0.1) is 0 Å². The fourth-order valence-electron chi connectivity index (χ4n) is 4.70. The molecule has 1 fully saturated rings. The van der Waals surface area contributed by atoms with Gasteiger partial charge < -0.3 is 15.5 Å². The molecule has 1 atom stereocenters. The van der Waals surface area contributed by atoms with Crippen molar-refractivity contribution in [2.24, 2.45) is 4.99 Å². The number of aliphatic imine (C=N–C) groups is 1. The average molecular weight is 553 g/mol. The van der Waals surface area contributed by atoms with Gasteiger partial charge in [0, 0.05) is 67.7 Å². The van der Waals surface area contributed by atoms with Crippen LogP contribution in [0.4, 0.5) is 21.9 Å². The van der Waals surface area contributed by atoms with Crippen molar-refractivity contribution in [3.05, 3.63) is 75.9 Å². The Morgan fingerprint density at radius 2 is 1.82 bits per heavy atom. The molecule has 3 aliphatic heterocycles. The average Bonchev–Trinajstić information content (AvgIpc) is 2.82. The smallest absolute Gasteiger partial charge is 0.326 e. The Kier molecular flexibility index (Phi) is 7.74. The Labute approximate surface area is 232 Å². The summed E-state index contributed by atoms with van der Waals surface area (Å²) in [6.45, 7) is 3.29. The maximum atomic E-state index is 13.4. The van der Waals surface area contributed by atoms with E-state index in [0.717, 1.165) is 31.6 Å². The molecule has 2 aromatic rings. The predicted octanol–water partition coefficient (Wildman–Crippen LogP) is 5.73. The van der Waals surface area contributed by atoms with Gasteiger partial charge in [-0.3, -0.25) is 19.6 Å². The highest BCUT2D eigenvalue weighted by molar-refractivity contribution is 6.32. The molecule has 0 aromatic heterocycles. The van der Waals surface area contributed by atoms with Crippen molar-refractivity contribution in [2.45, 2.75) is 18.9 Å². The minimum atomic E-state index is -0.393. The van der Waals surface area contributed by atoms with E-state index in [2.05, 4.69) is 20.5 Å². The van der Waals surface area contributed by atoms with Crippen LogP contribution in [-0.2, 0) is 0 Å². The van der Waals surface area contributed by atoms with Crippen LogP contribution < -0.4 is 15.5 Å². The van der Waals surface area contributed by atoms with Gasteiger partial charge in [0.2, 0.25) is 0 Å². The number of nitrogens with one attached hydrogen (secondary N) is 2. The van der Waals surface area contributed by atoms with Gasteiger partial charge in [-0.25, -0.2) is 4.79 Å². The number of anilines is 3. The van der Waals surface area contributed by atoms with Crippen molar-refractivity contribution >= 4 is 57.9 Å². The molecule has 10 heteroatoms. The van der Waals surface area contributed by atoms with Crippen molar-refractivity contribution in [1.82, 2.24) is 9.80 Å². The second-order valence-corrected chi connectivity index (χ2v) is 10.7. The number of likely N-dealkylation sites (tertiary alicyclic amines) is 1. The zero-order valence-electron chi connectivity index (χ0n) is 21.4. The van der Waals surface area contributed by atoms with Crippen molar-refractivity contribution in [3.8, 4) is 0 Å². The maximum absolute atomic E-state index is 13.4. The minimum absolute atomic E-state index is 0.195. The summed E-state index contributed by atoms with van der Waals surface area (Å²) < 4.78 is 0. The van der Waals surface area contributed by atoms with Crippen LogP contribution in [0.1, 0.15) is 34.8 Å². The van der Waals surface area contributed by atoms with Gasteiger partial charge in [-0.1, -0.05) is 35.3 Å². The van der Waals surface area contributed by atoms with Crippen molar-refractivity contribution < 1.29 is 9.59 Å². The number of nitrogens with zero attached hydrogens (tertiary/aromatic N) is 4. The molecular weight excluding hydrogens is 523 g/mol. The molecular formula is C28H30Cl2N6O2. The van der Waals surface area contributed by atoms with E-state index in [4.69, 9.17) is 23.2 Å². The molecule has 3 heterocycles. The van der Waals surface area contributed by atoms with E-state index in [1.807, 2.05) is 43.3 Å². The third-order valence-electron chi connectivity index (χ3n) is 6.91. The lowest BCUT2D eigenvalue weighted by Crippen LogP contribution is -2.45. The molecule has 3 aliphatic rings. The summed E-state index contributed by atoms with van der Waals surface area (Å²) >= 11 is 12.5. The number of benzene rings is 2. The van der Waals surface area contributed by atoms with Crippen LogP contribution in [0.2, 0.25) is 5.02 Å². The molecule has 0 bridgehead atoms. The monoisotopic (exact) mass is 552 g/mol. The first-order valence-electron chi connectivity index (χ1n) is 12.6. The molecule has 2 aromatic carbocycles. The lowest BCUT2D eigenvalue weighted by Gasteiger charge is -2.41. The van der Waals surface area contributed by atoms with Gasteiger partial charge in [-0.15, -0.1) is 0 Å². The number of carbonyl (C=O) groups excluding carboxylic acids is 2. The molecule has 0 aliphatic carbocycles. The largest absolute Gasteiger partial charge is 0.376 e. The number of hydrogen-bond donors (Lipinski definition) is 2. The van der Waals surface area contributed by atoms with Crippen LogP contribution in [0.3, 0.4) is 0 Å². The number of amides is 3. The molecule has 1 saturated heterocycles. The summed E-state index contributed by atoms with van der Waals surface area (Å²) in [4.78, 5) is 36.7. The topological polar surface area (TPSA) is 80.3 Å². The number of halogens is 2. The number of urea groups is 1. The van der Waals surface area contributed by atoms with Gasteiger partial charge in [0.05, 0.1) is 29.6 Å². The van der Waals surface area contributed by atoms with E-state index in [9.17, 15) is 9.59 Å². The zero-order chi connectivity index (χ0) is 26.8. The summed E-state index contributed by atoms with van der Waals surface area (Å²) in [7, 11) is 3.69. The molecule has 8 nitrogen and oxygen atoms in total. The van der Waals surface area contributed by atoms with E-state index in [1.54, 1.807) is 30.5 Å². The highest BCUT2D eigenvalue weighted by Crippen LogP contribution is 2.37. The second kappa shape index (κ2) is 11.2. The molecule has 198 valence electrons. The molecule has 1 unspecified atom stereocenters. The SMILES string of the molecule is CN(C)c1cc(Cl)cc(NC(=O)N2C=CC=C(Cl)C2)c1NC(=O)c1ccc(C(C2=NCC2)N2CCC2)cc1. The van der Waals surface area contributed by atoms with Crippen LogP contribution in [0.5, 0.6) is 0 Å². The molecule has 0 radical (unpaired) electrons. The van der Waals surface area contributed by atoms with Gasteiger partial charge >= 0.3 is 6.03 Å². The third kappa shape index (κ3) is 5.57. The van der Waals surface area contributed by atoms with Crippen LogP contribution in [-0.4, -0.2) is 67.7 Å². The number of rotatable bonds is 7. The number of carbonyl (C=O) groups is 2. The summed E-state index contributed by atoms with van der Waals surface area (Å²) in [5.41, 5.74) is 4.38. The van der Waals surface area contributed by atoms with E-state index < -0.39 is 6.03 Å². The van der Waals surface area contributed by atoms with Crippen LogP contribution in [0.15, 0.2) is 64.8 Å². The summed E-state index contributed by atoms with van der Waals surface area (Å²) in [6.07, 6.45) is 7.30. The third-order valence-corrected chi connectivity index (χ3v) is 7.38. The maximum Gasteiger partial charge on any atom is 0.326 e. The molecule has 5 rings (SSSR count). The molecule has 38 heavy (non-hydrogen) atoms. The quantitative estimate of drug-likeness (QED) is 0.459. The Morgan fingerprint density at radius 1 is 1.08 bits per heavy atom. The first kappa shape index (κ1) is 26.3. The van der Waals surface area contributed by atoms with Gasteiger partial charge in [-0.05, 0) is 48.4 Å². The molecule has 3 amide bonds. The first-order chi connectivity index (χ1) is 18.3. The van der Waals surface area contributed by atoms with Gasteiger partial charge in [-0.2, -0.15) is 0 Å². The van der Waals surface area contributed by atoms with E-state index in [1.165, 1.54) is 17.0 Å². The zero-order valence-corrected chi connectivity index (χ0v) is 22.9. The Balaban J connectivity index is 1.38. The van der Waals surface area contributed by atoms with Crippen molar-refractivity contribution in [1.29, 1.82) is 0 Å². The fourth-order valence-corrected chi connectivity index (χ4v) is 5.11. The minimum Gasteiger partial charge on any atom is -0.376 e. The normalized spacial score (nSPS) is 17.5. The lowest BCUT2D eigenvalue weighted by atomic mass is 9.92. The van der Waals surface area contributed by atoms with E-state index >= 15 is 0 Å². The van der Waals surface area contributed by atoms with E-state index in [-0.39, 0.29) is 18.5 Å². The molecule has 0 saturated carbocycles. The van der Waals surface area contributed by atoms with Crippen LogP contribution >= 0.6 is 23.2 Å². The number of hydrogen-bond acceptors (Lipinski definition) is 5. The standard InChI is InChI=1S/C28H30Cl2N6O2/c1-34(2)24-16-21(30)15-23(32-28(38)36-12-3-5-20(29)17-36)25(24)33-27(37)19-8-6-18(7-9-19)26(22-10-11-31-22)35-13-4-14-35/h3,5-9,12,15-16,26H,4,10-11,13-14,17H2,1-2H3,(H,32,38)(H,33,37). The predicted molar refractivity (Wildman–Crippen MR) is 155 cm³/mol. The first-order valence-corrected chi connectivity index (χ1v) is 13.4. The van der Waals surface area contributed by atoms with Gasteiger partial charge in [0.25, 0.3) is 5.91 Å². The van der Waals surface area contributed by atoms with Gasteiger partial charge in [0.1, 0.15) is 0 Å². The Morgan fingerprint density at radius 3 is 2.39 bits per heavy atom. The highest BCUT2D eigenvalue weighted by atomic mass is 35.5. The summed E-state index contributed by atoms with van der Waals surface area (Å²) in [5, 5.41) is 6.84. The summed E-state index contributed by atoms with van der Waals surface area (Å²) in [6, 6.07) is 10.9. The van der Waals surface area contributed by atoms with E-state index in [0.29, 0.717) is 32.7 Å². The van der Waals surface area contributed by atoms with Gasteiger partial charge in [0.15, 0.2) is 0 Å². The number of allylic oxidation sites excluding steroid dienone is 2. The van der Waals surface area contributed by atoms with Crippen LogP contribution in [0.25, 0.3) is 0 Å². The highest BCUT2D eigenvalue weighted by Gasteiger charge is 2.31. The second-order valence-electron chi connectivity index (χ2n) is 9.75. The van der Waals surface area contributed by atoms with Crippen molar-refractivity contribution in [2.75, 3.05) is 55.8 Å². The lowest BCUT2D eigenvalue weighted by molar-refractivity contribution is 0.102. The Hall–Kier alpha value is -3.33. The molecule has 2 N–H and O–H groups in total. The fraction of sp³-hybridized carbons (Fsp3) is 0.321.